The summed E-state index contributed by atoms with van der Waals surface area (Å²) in [6, 6.07) is 0.0629. The van der Waals surface area contributed by atoms with E-state index in [0.29, 0.717) is 85.9 Å². The molecule has 2 N–H and O–H groups in total. The van der Waals surface area contributed by atoms with Gasteiger partial charge in [-0.3, -0.25) is 0 Å². The zero-order valence-corrected chi connectivity index (χ0v) is 15.2. The summed E-state index contributed by atoms with van der Waals surface area (Å²) in [4.78, 5) is 0. The summed E-state index contributed by atoms with van der Waals surface area (Å²) in [5, 5.41) is 0. The fourth-order valence-electron chi connectivity index (χ4n) is 1.51. The highest BCUT2D eigenvalue weighted by molar-refractivity contribution is 4.48. The number of ether oxygens (including phenoxy) is 7. The van der Waals surface area contributed by atoms with Crippen LogP contribution in [0.2, 0.25) is 0 Å². The molecule has 8 nitrogen and oxygen atoms in total. The second kappa shape index (κ2) is 20.7. The van der Waals surface area contributed by atoms with Gasteiger partial charge in [0.25, 0.3) is 0 Å². The average molecular weight is 353 g/mol. The molecule has 0 aromatic heterocycles. The Kier molecular flexibility index (Phi) is 20.4. The van der Waals surface area contributed by atoms with Crippen LogP contribution in [0.5, 0.6) is 0 Å². The minimum Gasteiger partial charge on any atom is -0.382 e. The monoisotopic (exact) mass is 353 g/mol. The van der Waals surface area contributed by atoms with E-state index in [2.05, 4.69) is 0 Å². The van der Waals surface area contributed by atoms with Crippen LogP contribution in [0.15, 0.2) is 0 Å². The number of rotatable bonds is 20. The molecule has 0 aromatic carbocycles. The zero-order chi connectivity index (χ0) is 17.7. The van der Waals surface area contributed by atoms with Gasteiger partial charge in [0.1, 0.15) is 0 Å². The van der Waals surface area contributed by atoms with E-state index in [4.69, 9.17) is 38.9 Å². The van der Waals surface area contributed by atoms with Gasteiger partial charge in [0.05, 0.1) is 85.9 Å². The van der Waals surface area contributed by atoms with Gasteiger partial charge in [-0.05, 0) is 6.92 Å². The molecule has 0 fully saturated rings. The fraction of sp³-hybridized carbons (Fsp3) is 1.00. The molecule has 24 heavy (non-hydrogen) atoms. The summed E-state index contributed by atoms with van der Waals surface area (Å²) < 4.78 is 36.9. The van der Waals surface area contributed by atoms with E-state index in [0.717, 1.165) is 0 Å². The summed E-state index contributed by atoms with van der Waals surface area (Å²) >= 11 is 0. The number of methoxy groups -OCH3 is 1. The molecule has 0 rings (SSSR count). The summed E-state index contributed by atoms with van der Waals surface area (Å²) in [6.07, 6.45) is 0. The van der Waals surface area contributed by atoms with Crippen molar-refractivity contribution in [2.45, 2.75) is 13.0 Å². The van der Waals surface area contributed by atoms with Crippen LogP contribution in [0.1, 0.15) is 6.92 Å². The Balaban J connectivity index is 2.95. The van der Waals surface area contributed by atoms with Crippen molar-refractivity contribution < 1.29 is 33.2 Å². The Bertz CT molecular complexity index is 232. The first-order chi connectivity index (χ1) is 11.8. The van der Waals surface area contributed by atoms with Crippen LogP contribution >= 0.6 is 0 Å². The Morgan fingerprint density at radius 1 is 0.542 bits per heavy atom. The maximum atomic E-state index is 5.55. The van der Waals surface area contributed by atoms with Crippen LogP contribution in [0.3, 0.4) is 0 Å². The first kappa shape index (κ1) is 23.7. The lowest BCUT2D eigenvalue weighted by molar-refractivity contribution is -0.0193. The van der Waals surface area contributed by atoms with Crippen LogP contribution in [0, 0.1) is 0 Å². The number of nitrogens with two attached hydrogens (primary N) is 1. The molecule has 1 unspecified atom stereocenters. The van der Waals surface area contributed by atoms with E-state index >= 15 is 0 Å². The van der Waals surface area contributed by atoms with Gasteiger partial charge in [-0.15, -0.1) is 0 Å². The molecule has 0 saturated heterocycles. The van der Waals surface area contributed by atoms with Crippen molar-refractivity contribution in [2.24, 2.45) is 5.73 Å². The van der Waals surface area contributed by atoms with Crippen LogP contribution in [-0.4, -0.2) is 99.0 Å². The van der Waals surface area contributed by atoms with Crippen molar-refractivity contribution in [3.8, 4) is 0 Å². The Hall–Kier alpha value is -0.320. The number of hydrogen-bond acceptors (Lipinski definition) is 8. The van der Waals surface area contributed by atoms with E-state index in [1.54, 1.807) is 7.11 Å². The van der Waals surface area contributed by atoms with Gasteiger partial charge in [-0.1, -0.05) is 0 Å². The van der Waals surface area contributed by atoms with Crippen LogP contribution in [0.25, 0.3) is 0 Å². The van der Waals surface area contributed by atoms with E-state index < -0.39 is 0 Å². The molecule has 8 heteroatoms. The van der Waals surface area contributed by atoms with Gasteiger partial charge < -0.3 is 38.9 Å². The van der Waals surface area contributed by atoms with Crippen molar-refractivity contribution in [3.63, 3.8) is 0 Å². The molecule has 0 bridgehead atoms. The third kappa shape index (κ3) is 21.7. The van der Waals surface area contributed by atoms with Gasteiger partial charge >= 0.3 is 0 Å². The smallest absolute Gasteiger partial charge is 0.0701 e. The number of hydrogen-bond donors (Lipinski definition) is 1. The molecule has 0 amide bonds. The Labute approximate surface area is 145 Å². The molecule has 0 aliphatic carbocycles. The predicted octanol–water partition coefficient (Wildman–Crippen LogP) is 0.0796. The van der Waals surface area contributed by atoms with Gasteiger partial charge in [-0.25, -0.2) is 0 Å². The minimum atomic E-state index is 0.0629. The molecule has 1 atom stereocenters. The minimum absolute atomic E-state index is 0.0629. The van der Waals surface area contributed by atoms with Gasteiger partial charge in [0.15, 0.2) is 0 Å². The van der Waals surface area contributed by atoms with E-state index in [1.807, 2.05) is 6.92 Å². The lowest BCUT2D eigenvalue weighted by Crippen LogP contribution is -2.23. The lowest BCUT2D eigenvalue weighted by atomic mass is 10.4. The van der Waals surface area contributed by atoms with Gasteiger partial charge in [0, 0.05) is 13.2 Å². The van der Waals surface area contributed by atoms with Crippen LogP contribution in [0.4, 0.5) is 0 Å². The Morgan fingerprint density at radius 2 is 0.833 bits per heavy atom. The average Bonchev–Trinajstić information content (AvgIpc) is 2.56. The van der Waals surface area contributed by atoms with E-state index in [9.17, 15) is 0 Å². The molecule has 0 radical (unpaired) electrons. The summed E-state index contributed by atoms with van der Waals surface area (Å²) in [5.41, 5.74) is 5.55. The largest absolute Gasteiger partial charge is 0.382 e. The molecular weight excluding hydrogens is 318 g/mol. The first-order valence-electron chi connectivity index (χ1n) is 8.48. The highest BCUT2D eigenvalue weighted by atomic mass is 16.6. The van der Waals surface area contributed by atoms with Gasteiger partial charge in [0.2, 0.25) is 0 Å². The third-order valence-corrected chi connectivity index (χ3v) is 2.67. The molecule has 0 heterocycles. The zero-order valence-electron chi connectivity index (χ0n) is 15.2. The molecule has 0 aromatic rings. The second-order valence-corrected chi connectivity index (χ2v) is 5.11. The maximum Gasteiger partial charge on any atom is 0.0701 e. The SMILES string of the molecule is COCCOCCOCCOCCOCCOCCOCC(C)N. The summed E-state index contributed by atoms with van der Waals surface area (Å²) in [7, 11) is 1.65. The van der Waals surface area contributed by atoms with Crippen LogP contribution in [-0.2, 0) is 33.2 Å². The first-order valence-corrected chi connectivity index (χ1v) is 8.48. The molecule has 0 aliphatic heterocycles. The third-order valence-electron chi connectivity index (χ3n) is 2.67. The molecular formula is C16H35NO7. The molecule has 146 valence electrons. The van der Waals surface area contributed by atoms with Gasteiger partial charge in [-0.2, -0.15) is 0 Å². The highest BCUT2D eigenvalue weighted by Gasteiger charge is 1.95. The topological polar surface area (TPSA) is 90.6 Å². The maximum absolute atomic E-state index is 5.55. The Morgan fingerprint density at radius 3 is 1.12 bits per heavy atom. The van der Waals surface area contributed by atoms with Crippen molar-refractivity contribution in [1.29, 1.82) is 0 Å². The van der Waals surface area contributed by atoms with E-state index in [1.165, 1.54) is 0 Å². The quantitative estimate of drug-likeness (QED) is 0.308. The van der Waals surface area contributed by atoms with Crippen molar-refractivity contribution >= 4 is 0 Å². The van der Waals surface area contributed by atoms with Crippen molar-refractivity contribution in [3.05, 3.63) is 0 Å². The normalized spacial score (nSPS) is 12.6. The standard InChI is InChI=1S/C16H35NO7/c1-16(17)15-24-14-13-23-12-11-22-10-9-21-8-7-20-6-5-19-4-3-18-2/h16H,3-15,17H2,1-2H3. The highest BCUT2D eigenvalue weighted by Crippen LogP contribution is 1.85. The van der Waals surface area contributed by atoms with Crippen molar-refractivity contribution in [1.82, 2.24) is 0 Å². The van der Waals surface area contributed by atoms with Crippen molar-refractivity contribution in [2.75, 3.05) is 93.0 Å². The lowest BCUT2D eigenvalue weighted by Gasteiger charge is -2.09. The van der Waals surface area contributed by atoms with Crippen LogP contribution < -0.4 is 5.73 Å². The predicted molar refractivity (Wildman–Crippen MR) is 90.4 cm³/mol. The molecule has 0 aliphatic rings. The molecule has 0 spiro atoms. The summed E-state index contributed by atoms with van der Waals surface area (Å²) in [6.45, 7) is 9.21. The molecule has 0 saturated carbocycles. The second-order valence-electron chi connectivity index (χ2n) is 5.11. The van der Waals surface area contributed by atoms with E-state index in [-0.39, 0.29) is 6.04 Å². The summed E-state index contributed by atoms with van der Waals surface area (Å²) in [5.74, 6) is 0. The fourth-order valence-corrected chi connectivity index (χ4v) is 1.51.